The topological polar surface area (TPSA) is 49.8 Å². The zero-order valence-electron chi connectivity index (χ0n) is 17.9. The van der Waals surface area contributed by atoms with E-state index in [0.717, 1.165) is 47.7 Å². The minimum Gasteiger partial charge on any atom is -0.492 e. The molecule has 3 aromatic carbocycles. The van der Waals surface area contributed by atoms with Crippen LogP contribution in [0.25, 0.3) is 0 Å². The second-order valence-corrected chi connectivity index (χ2v) is 8.17. The molecule has 0 radical (unpaired) electrons. The van der Waals surface area contributed by atoms with Crippen molar-refractivity contribution in [2.45, 2.75) is 32.4 Å². The van der Waals surface area contributed by atoms with Gasteiger partial charge in [0.15, 0.2) is 0 Å². The number of para-hydroxylation sites is 1. The van der Waals surface area contributed by atoms with Gasteiger partial charge in [-0.05, 0) is 41.3 Å². The van der Waals surface area contributed by atoms with E-state index < -0.39 is 23.5 Å². The molecule has 166 valence electrons. The number of fused-ring (bicyclic) bond motifs is 1. The molecule has 0 aromatic heterocycles. The van der Waals surface area contributed by atoms with E-state index in [-0.39, 0.29) is 12.0 Å². The van der Waals surface area contributed by atoms with Crippen molar-refractivity contribution in [1.82, 2.24) is 4.90 Å². The van der Waals surface area contributed by atoms with Gasteiger partial charge in [0.2, 0.25) is 0 Å². The van der Waals surface area contributed by atoms with Crippen LogP contribution in [0.2, 0.25) is 0 Å². The van der Waals surface area contributed by atoms with Gasteiger partial charge in [-0.1, -0.05) is 42.5 Å². The zero-order chi connectivity index (χ0) is 22.7. The highest BCUT2D eigenvalue weighted by Crippen LogP contribution is 2.32. The van der Waals surface area contributed by atoms with Gasteiger partial charge in [0.05, 0.1) is 6.42 Å². The van der Waals surface area contributed by atoms with E-state index in [0.29, 0.717) is 18.7 Å². The average molecular weight is 437 g/mol. The molecule has 1 unspecified atom stereocenters. The number of hydrogen-bond acceptors (Lipinski definition) is 3. The summed E-state index contributed by atoms with van der Waals surface area (Å²) in [6.45, 7) is 4.74. The first-order valence-electron chi connectivity index (χ1n) is 10.6. The lowest BCUT2D eigenvalue weighted by molar-refractivity contribution is -0.137. The fraction of sp³-hybridized carbons (Fsp3) is 0.269. The smallest absolute Gasteiger partial charge is 0.304 e. The van der Waals surface area contributed by atoms with Gasteiger partial charge in [-0.25, -0.2) is 8.78 Å². The van der Waals surface area contributed by atoms with Crippen molar-refractivity contribution in [1.29, 1.82) is 0 Å². The first kappa shape index (κ1) is 22.0. The summed E-state index contributed by atoms with van der Waals surface area (Å²) in [4.78, 5) is 13.8. The molecule has 3 aromatic rings. The van der Waals surface area contributed by atoms with Crippen LogP contribution < -0.4 is 4.74 Å². The Morgan fingerprint density at radius 1 is 1.12 bits per heavy atom. The summed E-state index contributed by atoms with van der Waals surface area (Å²) in [5.41, 5.74) is 4.11. The summed E-state index contributed by atoms with van der Waals surface area (Å²) in [6, 6.07) is 17.0. The van der Waals surface area contributed by atoms with E-state index in [1.54, 1.807) is 0 Å². The summed E-state index contributed by atoms with van der Waals surface area (Å²) in [5.74, 6) is -2.27. The number of hydrogen-bond donors (Lipinski definition) is 1. The second-order valence-electron chi connectivity index (χ2n) is 8.17. The molecule has 1 N–H and O–H groups in total. The van der Waals surface area contributed by atoms with Crippen molar-refractivity contribution in [3.05, 3.63) is 100 Å². The largest absolute Gasteiger partial charge is 0.492 e. The van der Waals surface area contributed by atoms with Gasteiger partial charge >= 0.3 is 5.97 Å². The quantitative estimate of drug-likeness (QED) is 0.571. The van der Waals surface area contributed by atoms with Crippen LogP contribution in [0.4, 0.5) is 8.78 Å². The lowest BCUT2D eigenvalue weighted by atomic mass is 9.86. The van der Waals surface area contributed by atoms with E-state index >= 15 is 0 Å². The Bertz CT molecular complexity index is 1130. The molecule has 32 heavy (non-hydrogen) atoms. The zero-order valence-corrected chi connectivity index (χ0v) is 17.9. The third-order valence-electron chi connectivity index (χ3n) is 5.92. The number of nitrogens with zero attached hydrogens (tertiary/aromatic N) is 1. The standard InChI is InChI=1S/C26H25F2NO3/c1-17-6-7-18(23(14-26(30)31)22-9-8-21(27)13-24(22)28)12-20(17)16-29-10-11-32-25-5-3-2-4-19(25)15-29/h2-9,12-13,23H,10-11,14-16H2,1H3,(H,30,31). The minimum atomic E-state index is -1.04. The summed E-state index contributed by atoms with van der Waals surface area (Å²) in [6.07, 6.45) is -0.282. The van der Waals surface area contributed by atoms with E-state index in [1.165, 1.54) is 6.07 Å². The molecule has 0 spiro atoms. The third-order valence-corrected chi connectivity index (χ3v) is 5.92. The maximum absolute atomic E-state index is 14.5. The highest BCUT2D eigenvalue weighted by Gasteiger charge is 2.23. The molecular formula is C26H25F2NO3. The third kappa shape index (κ3) is 4.97. The van der Waals surface area contributed by atoms with Crippen molar-refractivity contribution >= 4 is 5.97 Å². The van der Waals surface area contributed by atoms with Crippen molar-refractivity contribution in [3.63, 3.8) is 0 Å². The monoisotopic (exact) mass is 437 g/mol. The Morgan fingerprint density at radius 2 is 1.94 bits per heavy atom. The molecule has 0 fully saturated rings. The fourth-order valence-corrected chi connectivity index (χ4v) is 4.20. The highest BCUT2D eigenvalue weighted by molar-refractivity contribution is 5.69. The second kappa shape index (κ2) is 9.49. The number of carbonyl (C=O) groups is 1. The van der Waals surface area contributed by atoms with Crippen LogP contribution in [-0.4, -0.2) is 29.1 Å². The SMILES string of the molecule is Cc1ccc(C(CC(=O)O)c2ccc(F)cc2F)cc1CN1CCOc2ccccc2C1. The van der Waals surface area contributed by atoms with Gasteiger partial charge in [0.25, 0.3) is 0 Å². The van der Waals surface area contributed by atoms with Crippen LogP contribution in [-0.2, 0) is 17.9 Å². The van der Waals surface area contributed by atoms with Gasteiger partial charge in [0, 0.05) is 37.2 Å². The molecule has 1 atom stereocenters. The molecule has 0 aliphatic carbocycles. The van der Waals surface area contributed by atoms with Crippen molar-refractivity contribution in [2.24, 2.45) is 0 Å². The van der Waals surface area contributed by atoms with Gasteiger partial charge in [-0.15, -0.1) is 0 Å². The van der Waals surface area contributed by atoms with Crippen molar-refractivity contribution in [2.75, 3.05) is 13.2 Å². The highest BCUT2D eigenvalue weighted by atomic mass is 19.1. The van der Waals surface area contributed by atoms with Gasteiger partial charge in [-0.2, -0.15) is 0 Å². The summed E-state index contributed by atoms with van der Waals surface area (Å²) in [5, 5.41) is 9.44. The average Bonchev–Trinajstić information content (AvgIpc) is 2.95. The number of rotatable bonds is 6. The maximum Gasteiger partial charge on any atom is 0.304 e. The molecule has 1 aliphatic rings. The minimum absolute atomic E-state index is 0.181. The van der Waals surface area contributed by atoms with Gasteiger partial charge < -0.3 is 9.84 Å². The van der Waals surface area contributed by atoms with E-state index in [2.05, 4.69) is 11.0 Å². The number of aliphatic carboxylic acids is 1. The number of aryl methyl sites for hydroxylation is 1. The fourth-order valence-electron chi connectivity index (χ4n) is 4.20. The molecule has 0 saturated carbocycles. The van der Waals surface area contributed by atoms with Crippen molar-refractivity contribution in [3.8, 4) is 5.75 Å². The number of benzene rings is 3. The molecule has 0 amide bonds. The molecule has 4 nitrogen and oxygen atoms in total. The molecule has 1 aliphatic heterocycles. The molecule has 0 bridgehead atoms. The maximum atomic E-state index is 14.5. The lowest BCUT2D eigenvalue weighted by Gasteiger charge is -2.23. The van der Waals surface area contributed by atoms with Crippen LogP contribution in [0, 0.1) is 18.6 Å². The number of halogens is 2. The Labute approximate surface area is 186 Å². The van der Waals surface area contributed by atoms with E-state index in [4.69, 9.17) is 4.74 Å². The molecular weight excluding hydrogens is 412 g/mol. The van der Waals surface area contributed by atoms with Crippen LogP contribution in [0.15, 0.2) is 60.7 Å². The molecule has 6 heteroatoms. The molecule has 0 saturated heterocycles. The van der Waals surface area contributed by atoms with Crippen LogP contribution in [0.3, 0.4) is 0 Å². The Balaban J connectivity index is 1.64. The van der Waals surface area contributed by atoms with E-state index in [1.807, 2.05) is 43.3 Å². The van der Waals surface area contributed by atoms with Gasteiger partial charge in [0.1, 0.15) is 24.0 Å². The Hall–Kier alpha value is -3.25. The summed E-state index contributed by atoms with van der Waals surface area (Å²) < 4.78 is 33.8. The number of ether oxygens (including phenoxy) is 1. The Morgan fingerprint density at radius 3 is 2.72 bits per heavy atom. The van der Waals surface area contributed by atoms with Crippen LogP contribution >= 0.6 is 0 Å². The van der Waals surface area contributed by atoms with Crippen molar-refractivity contribution < 1.29 is 23.4 Å². The number of carboxylic acid groups (broad SMARTS) is 1. The van der Waals surface area contributed by atoms with Crippen LogP contribution in [0.5, 0.6) is 5.75 Å². The summed E-state index contributed by atoms with van der Waals surface area (Å²) >= 11 is 0. The first-order chi connectivity index (χ1) is 15.4. The lowest BCUT2D eigenvalue weighted by Crippen LogP contribution is -2.25. The first-order valence-corrected chi connectivity index (χ1v) is 10.6. The molecule has 1 heterocycles. The normalized spacial score (nSPS) is 14.8. The number of carboxylic acids is 1. The van der Waals surface area contributed by atoms with E-state index in [9.17, 15) is 18.7 Å². The van der Waals surface area contributed by atoms with Crippen LogP contribution in [0.1, 0.15) is 40.2 Å². The Kier molecular flexibility index (Phi) is 6.51. The molecule has 4 rings (SSSR count). The summed E-state index contributed by atoms with van der Waals surface area (Å²) in [7, 11) is 0. The predicted octanol–water partition coefficient (Wildman–Crippen LogP) is 5.27. The predicted molar refractivity (Wildman–Crippen MR) is 118 cm³/mol. The van der Waals surface area contributed by atoms with Gasteiger partial charge in [-0.3, -0.25) is 9.69 Å².